The highest BCUT2D eigenvalue weighted by molar-refractivity contribution is 7.80. The first-order chi connectivity index (χ1) is 4.74. The summed E-state index contributed by atoms with van der Waals surface area (Å²) in [6, 6.07) is 0.403. The Labute approximate surface area is 68.6 Å². The van der Waals surface area contributed by atoms with Crippen molar-refractivity contribution in [1.82, 2.24) is 5.32 Å². The number of hydrogen-bond acceptors (Lipinski definition) is 2. The Morgan fingerprint density at radius 3 is 2.70 bits per heavy atom. The van der Waals surface area contributed by atoms with Crippen LogP contribution in [0.25, 0.3) is 0 Å². The number of hydrogen-bond donors (Lipinski definition) is 2. The van der Waals surface area contributed by atoms with Gasteiger partial charge in [0.1, 0.15) is 0 Å². The fraction of sp³-hybridized carbons (Fsp3) is 0.500. The predicted molar refractivity (Wildman–Crippen MR) is 50.7 cm³/mol. The maximum absolute atomic E-state index is 4.14. The van der Waals surface area contributed by atoms with E-state index in [0.29, 0.717) is 6.04 Å². The summed E-state index contributed by atoms with van der Waals surface area (Å²) in [6.07, 6.45) is 3.95. The lowest BCUT2D eigenvalue weighted by molar-refractivity contribution is 0.726. The van der Waals surface area contributed by atoms with Crippen LogP contribution in [0.5, 0.6) is 0 Å². The van der Waals surface area contributed by atoms with E-state index in [1.54, 1.807) is 0 Å². The highest BCUT2D eigenvalue weighted by atomic mass is 32.1. The maximum atomic E-state index is 4.14. The highest BCUT2D eigenvalue weighted by Gasteiger charge is 1.92. The molecule has 0 bridgehead atoms. The second-order valence-corrected chi connectivity index (χ2v) is 2.50. The van der Waals surface area contributed by atoms with E-state index in [1.165, 1.54) is 5.57 Å². The lowest BCUT2D eigenvalue weighted by atomic mass is 10.2. The summed E-state index contributed by atoms with van der Waals surface area (Å²) < 4.78 is 0. The minimum atomic E-state index is 0.403. The molecule has 2 heteroatoms. The van der Waals surface area contributed by atoms with Crippen LogP contribution in [-0.2, 0) is 0 Å². The third-order valence-electron chi connectivity index (χ3n) is 1.36. The van der Waals surface area contributed by atoms with Gasteiger partial charge in [-0.15, -0.1) is 0 Å². The van der Waals surface area contributed by atoms with Crippen molar-refractivity contribution >= 4 is 12.6 Å². The molecule has 1 atom stereocenters. The SMILES string of the molecule is C=C/C(=C\C(C)NC)CS. The van der Waals surface area contributed by atoms with E-state index in [0.717, 1.165) is 5.75 Å². The third kappa shape index (κ3) is 3.75. The molecular weight excluding hydrogens is 142 g/mol. The summed E-state index contributed by atoms with van der Waals surface area (Å²) in [5.41, 5.74) is 1.17. The Morgan fingerprint density at radius 1 is 1.80 bits per heavy atom. The van der Waals surface area contributed by atoms with Crippen LogP contribution in [0.1, 0.15) is 6.92 Å². The van der Waals surface area contributed by atoms with E-state index >= 15 is 0 Å². The van der Waals surface area contributed by atoms with Crippen molar-refractivity contribution in [3.05, 3.63) is 24.3 Å². The number of nitrogens with one attached hydrogen (secondary N) is 1. The summed E-state index contributed by atoms with van der Waals surface area (Å²) in [4.78, 5) is 0. The summed E-state index contributed by atoms with van der Waals surface area (Å²) >= 11 is 4.14. The molecule has 0 aromatic carbocycles. The van der Waals surface area contributed by atoms with Gasteiger partial charge in [0.15, 0.2) is 0 Å². The zero-order valence-corrected chi connectivity index (χ0v) is 7.49. The number of likely N-dealkylation sites (N-methyl/N-ethyl adjacent to an activating group) is 1. The first-order valence-electron chi connectivity index (χ1n) is 3.35. The molecule has 1 nitrogen and oxygen atoms in total. The largest absolute Gasteiger partial charge is 0.314 e. The molecule has 0 amide bonds. The van der Waals surface area contributed by atoms with Gasteiger partial charge in [0, 0.05) is 11.8 Å². The average molecular weight is 157 g/mol. The zero-order valence-electron chi connectivity index (χ0n) is 6.59. The van der Waals surface area contributed by atoms with Gasteiger partial charge in [-0.05, 0) is 19.5 Å². The summed E-state index contributed by atoms with van der Waals surface area (Å²) in [5, 5.41) is 3.11. The molecule has 58 valence electrons. The molecule has 1 N–H and O–H groups in total. The third-order valence-corrected chi connectivity index (χ3v) is 1.73. The van der Waals surface area contributed by atoms with Gasteiger partial charge in [0.2, 0.25) is 0 Å². The zero-order chi connectivity index (χ0) is 7.98. The topological polar surface area (TPSA) is 12.0 Å². The fourth-order valence-corrected chi connectivity index (χ4v) is 0.824. The Morgan fingerprint density at radius 2 is 2.40 bits per heavy atom. The van der Waals surface area contributed by atoms with Crippen molar-refractivity contribution in [3.63, 3.8) is 0 Å². The first kappa shape index (κ1) is 9.79. The van der Waals surface area contributed by atoms with Gasteiger partial charge in [-0.3, -0.25) is 0 Å². The molecule has 0 aromatic rings. The van der Waals surface area contributed by atoms with E-state index < -0.39 is 0 Å². The van der Waals surface area contributed by atoms with Gasteiger partial charge in [-0.1, -0.05) is 18.7 Å². The maximum Gasteiger partial charge on any atom is 0.0224 e. The first-order valence-corrected chi connectivity index (χ1v) is 3.99. The smallest absolute Gasteiger partial charge is 0.0224 e. The van der Waals surface area contributed by atoms with E-state index in [4.69, 9.17) is 0 Å². The standard InChI is InChI=1S/C8H15NS/c1-4-8(6-10)5-7(2)9-3/h4-5,7,9-10H,1,6H2,2-3H3/b8-5+. The van der Waals surface area contributed by atoms with Gasteiger partial charge in [0.05, 0.1) is 0 Å². The average Bonchev–Trinajstić information content (AvgIpc) is 1.99. The molecule has 0 rings (SSSR count). The molecular formula is C8H15NS. The summed E-state index contributed by atoms with van der Waals surface area (Å²) in [7, 11) is 1.93. The van der Waals surface area contributed by atoms with Crippen LogP contribution >= 0.6 is 12.6 Å². The van der Waals surface area contributed by atoms with Crippen LogP contribution in [0.3, 0.4) is 0 Å². The van der Waals surface area contributed by atoms with Crippen LogP contribution in [0, 0.1) is 0 Å². The van der Waals surface area contributed by atoms with Crippen LogP contribution < -0.4 is 5.32 Å². The van der Waals surface area contributed by atoms with Crippen molar-refractivity contribution < 1.29 is 0 Å². The van der Waals surface area contributed by atoms with Gasteiger partial charge in [0.25, 0.3) is 0 Å². The number of allylic oxidation sites excluding steroid dienone is 1. The number of rotatable bonds is 4. The van der Waals surface area contributed by atoms with E-state index in [9.17, 15) is 0 Å². The normalized spacial score (nSPS) is 14.9. The molecule has 0 saturated carbocycles. The van der Waals surface area contributed by atoms with Crippen molar-refractivity contribution in [2.24, 2.45) is 0 Å². The summed E-state index contributed by atoms with van der Waals surface area (Å²) in [6.45, 7) is 5.76. The van der Waals surface area contributed by atoms with Crippen molar-refractivity contribution in [3.8, 4) is 0 Å². The minimum absolute atomic E-state index is 0.403. The Balaban J connectivity index is 3.95. The molecule has 0 spiro atoms. The Hall–Kier alpha value is -0.210. The second kappa shape index (κ2) is 5.57. The van der Waals surface area contributed by atoms with Gasteiger partial charge in [-0.2, -0.15) is 12.6 Å². The van der Waals surface area contributed by atoms with E-state index in [1.807, 2.05) is 13.1 Å². The van der Waals surface area contributed by atoms with Crippen molar-refractivity contribution in [2.75, 3.05) is 12.8 Å². The van der Waals surface area contributed by atoms with Crippen LogP contribution in [0.15, 0.2) is 24.3 Å². The molecule has 0 saturated heterocycles. The predicted octanol–water partition coefficient (Wildman–Crippen LogP) is 1.64. The molecule has 0 aromatic heterocycles. The number of thiol groups is 1. The molecule has 0 radical (unpaired) electrons. The molecule has 0 aliphatic carbocycles. The Kier molecular flexibility index (Phi) is 5.45. The molecule has 0 fully saturated rings. The molecule has 0 heterocycles. The second-order valence-electron chi connectivity index (χ2n) is 2.18. The fourth-order valence-electron chi connectivity index (χ4n) is 0.590. The van der Waals surface area contributed by atoms with Crippen molar-refractivity contribution in [2.45, 2.75) is 13.0 Å². The van der Waals surface area contributed by atoms with Gasteiger partial charge in [-0.25, -0.2) is 0 Å². The van der Waals surface area contributed by atoms with Crippen LogP contribution in [0.2, 0.25) is 0 Å². The van der Waals surface area contributed by atoms with Gasteiger partial charge < -0.3 is 5.32 Å². The highest BCUT2D eigenvalue weighted by Crippen LogP contribution is 1.99. The lowest BCUT2D eigenvalue weighted by Crippen LogP contribution is -2.18. The van der Waals surface area contributed by atoms with Crippen LogP contribution in [-0.4, -0.2) is 18.8 Å². The summed E-state index contributed by atoms with van der Waals surface area (Å²) in [5.74, 6) is 0.759. The monoisotopic (exact) mass is 157 g/mol. The molecule has 0 aliphatic rings. The van der Waals surface area contributed by atoms with Gasteiger partial charge >= 0.3 is 0 Å². The van der Waals surface area contributed by atoms with Crippen molar-refractivity contribution in [1.29, 1.82) is 0 Å². The lowest BCUT2D eigenvalue weighted by Gasteiger charge is -2.04. The molecule has 1 unspecified atom stereocenters. The van der Waals surface area contributed by atoms with E-state index in [-0.39, 0.29) is 0 Å². The molecule has 0 aliphatic heterocycles. The quantitative estimate of drug-likeness (QED) is 0.467. The minimum Gasteiger partial charge on any atom is -0.314 e. The van der Waals surface area contributed by atoms with E-state index in [2.05, 4.69) is 37.5 Å². The molecule has 10 heavy (non-hydrogen) atoms. The van der Waals surface area contributed by atoms with Crippen LogP contribution in [0.4, 0.5) is 0 Å². The Bertz CT molecular complexity index is 129.